The number of hydrogen-bond donors (Lipinski definition) is 0. The lowest BCUT2D eigenvalue weighted by Crippen LogP contribution is -2.01. The maximum atomic E-state index is 8.78. The average Bonchev–Trinajstić information content (AvgIpc) is 3.04. The molecular formula is C16H14N6OS. The van der Waals surface area contributed by atoms with E-state index < -0.39 is 0 Å². The van der Waals surface area contributed by atoms with E-state index in [1.807, 2.05) is 41.8 Å². The Labute approximate surface area is 143 Å². The molecule has 0 aliphatic rings. The molecule has 3 aromatic rings. The molecule has 0 atom stereocenters. The van der Waals surface area contributed by atoms with E-state index in [1.165, 1.54) is 11.8 Å². The molecule has 3 rings (SSSR count). The van der Waals surface area contributed by atoms with Crippen molar-refractivity contribution in [3.63, 3.8) is 0 Å². The Balaban J connectivity index is 1.96. The summed E-state index contributed by atoms with van der Waals surface area (Å²) in [6, 6.07) is 13.0. The summed E-state index contributed by atoms with van der Waals surface area (Å²) in [6.45, 7) is 2.73. The van der Waals surface area contributed by atoms with E-state index in [0.29, 0.717) is 16.7 Å². The molecule has 0 aliphatic heterocycles. The summed E-state index contributed by atoms with van der Waals surface area (Å²) in [4.78, 5) is 0. The quantitative estimate of drug-likeness (QED) is 0.706. The first-order chi connectivity index (χ1) is 11.8. The van der Waals surface area contributed by atoms with E-state index in [1.54, 1.807) is 19.2 Å². The zero-order chi connectivity index (χ0) is 16.9. The van der Waals surface area contributed by atoms with Crippen molar-refractivity contribution in [3.8, 4) is 23.2 Å². The molecule has 0 aliphatic carbocycles. The summed E-state index contributed by atoms with van der Waals surface area (Å²) in [7, 11) is 1.63. The minimum atomic E-state index is 0.283. The van der Waals surface area contributed by atoms with Crippen LogP contribution >= 0.6 is 11.8 Å². The largest absolute Gasteiger partial charge is 0.496 e. The van der Waals surface area contributed by atoms with Crippen molar-refractivity contribution in [2.45, 2.75) is 23.7 Å². The lowest BCUT2D eigenvalue weighted by atomic mass is 10.2. The summed E-state index contributed by atoms with van der Waals surface area (Å²) < 4.78 is 7.40. The highest BCUT2D eigenvalue weighted by atomic mass is 32.2. The summed E-state index contributed by atoms with van der Waals surface area (Å²) in [5.41, 5.74) is 1.16. The van der Waals surface area contributed by atoms with E-state index in [2.05, 4.69) is 20.4 Å². The monoisotopic (exact) mass is 338 g/mol. The Morgan fingerprint density at radius 3 is 2.62 bits per heavy atom. The van der Waals surface area contributed by atoms with E-state index in [0.717, 1.165) is 17.1 Å². The Kier molecular flexibility index (Phi) is 4.72. The van der Waals surface area contributed by atoms with Crippen LogP contribution in [0.15, 0.2) is 46.6 Å². The molecule has 0 amide bonds. The number of para-hydroxylation sites is 1. The van der Waals surface area contributed by atoms with Gasteiger partial charge in [0.05, 0.1) is 12.7 Å². The molecule has 0 radical (unpaired) electrons. The fourth-order valence-electron chi connectivity index (χ4n) is 2.21. The van der Waals surface area contributed by atoms with Crippen LogP contribution in [0.5, 0.6) is 5.75 Å². The Morgan fingerprint density at radius 1 is 1.12 bits per heavy atom. The highest BCUT2D eigenvalue weighted by Gasteiger charge is 2.17. The molecule has 0 saturated heterocycles. The predicted octanol–water partition coefficient (Wildman–Crippen LogP) is 2.79. The van der Waals surface area contributed by atoms with Gasteiger partial charge in [0.25, 0.3) is 0 Å². The zero-order valence-electron chi connectivity index (χ0n) is 13.2. The summed E-state index contributed by atoms with van der Waals surface area (Å²) in [5.74, 6) is 1.48. The second-order valence-corrected chi connectivity index (χ2v) is 5.71. The number of aromatic nitrogens is 5. The summed E-state index contributed by atoms with van der Waals surface area (Å²) in [6.07, 6.45) is 0. The number of nitrogens with zero attached hydrogens (tertiary/aromatic N) is 6. The maximum Gasteiger partial charge on any atom is 0.197 e. The van der Waals surface area contributed by atoms with Crippen LogP contribution < -0.4 is 4.74 Å². The van der Waals surface area contributed by atoms with Gasteiger partial charge < -0.3 is 9.30 Å². The molecule has 120 valence electrons. The van der Waals surface area contributed by atoms with Crippen LogP contribution in [0.2, 0.25) is 0 Å². The fraction of sp³-hybridized carbons (Fsp3) is 0.188. The van der Waals surface area contributed by atoms with Gasteiger partial charge in [0, 0.05) is 6.54 Å². The van der Waals surface area contributed by atoms with Crippen molar-refractivity contribution < 1.29 is 4.74 Å². The summed E-state index contributed by atoms with van der Waals surface area (Å²) in [5, 5.41) is 26.6. The Bertz CT molecular complexity index is 884. The maximum absolute atomic E-state index is 8.78. The molecule has 24 heavy (non-hydrogen) atoms. The van der Waals surface area contributed by atoms with Gasteiger partial charge in [0.1, 0.15) is 16.8 Å². The van der Waals surface area contributed by atoms with Crippen LogP contribution in [0.3, 0.4) is 0 Å². The minimum Gasteiger partial charge on any atom is -0.496 e. The van der Waals surface area contributed by atoms with E-state index in [-0.39, 0.29) is 5.69 Å². The predicted molar refractivity (Wildman–Crippen MR) is 88.6 cm³/mol. The second kappa shape index (κ2) is 7.10. The normalized spacial score (nSPS) is 10.4. The third-order valence-corrected chi connectivity index (χ3v) is 4.24. The van der Waals surface area contributed by atoms with Gasteiger partial charge in [-0.05, 0) is 43.0 Å². The molecule has 7 nitrogen and oxygen atoms in total. The van der Waals surface area contributed by atoms with Crippen LogP contribution in [0.25, 0.3) is 11.4 Å². The standard InChI is InChI=1S/C16H14N6OS/c1-3-22-15(12-6-4-5-7-13(12)23-2)20-21-16(22)24-14-9-8-11(10-17)18-19-14/h4-9H,3H2,1-2H3. The smallest absolute Gasteiger partial charge is 0.197 e. The first-order valence-electron chi connectivity index (χ1n) is 7.25. The van der Waals surface area contributed by atoms with Gasteiger partial charge in [-0.1, -0.05) is 12.1 Å². The zero-order valence-corrected chi connectivity index (χ0v) is 14.0. The molecule has 0 N–H and O–H groups in total. The molecular weight excluding hydrogens is 324 g/mol. The van der Waals surface area contributed by atoms with Crippen molar-refractivity contribution >= 4 is 11.8 Å². The van der Waals surface area contributed by atoms with Crippen LogP contribution in [-0.2, 0) is 6.54 Å². The van der Waals surface area contributed by atoms with Gasteiger partial charge in [-0.2, -0.15) is 5.26 Å². The van der Waals surface area contributed by atoms with E-state index in [4.69, 9.17) is 10.00 Å². The third-order valence-electron chi connectivity index (χ3n) is 3.33. The molecule has 0 spiro atoms. The van der Waals surface area contributed by atoms with Gasteiger partial charge in [0.2, 0.25) is 0 Å². The fourth-order valence-corrected chi connectivity index (χ4v) is 3.02. The van der Waals surface area contributed by atoms with Gasteiger partial charge in [-0.3, -0.25) is 0 Å². The number of benzene rings is 1. The highest BCUT2D eigenvalue weighted by molar-refractivity contribution is 7.99. The van der Waals surface area contributed by atoms with Gasteiger partial charge >= 0.3 is 0 Å². The molecule has 8 heteroatoms. The van der Waals surface area contributed by atoms with Crippen molar-refractivity contribution in [3.05, 3.63) is 42.1 Å². The van der Waals surface area contributed by atoms with Gasteiger partial charge in [-0.25, -0.2) is 0 Å². The number of nitriles is 1. The van der Waals surface area contributed by atoms with Crippen LogP contribution in [-0.4, -0.2) is 32.1 Å². The van der Waals surface area contributed by atoms with Crippen LogP contribution in [0.1, 0.15) is 12.6 Å². The molecule has 0 bridgehead atoms. The third kappa shape index (κ3) is 3.07. The highest BCUT2D eigenvalue weighted by Crippen LogP contribution is 2.32. The Morgan fingerprint density at radius 2 is 1.96 bits per heavy atom. The van der Waals surface area contributed by atoms with Crippen LogP contribution in [0.4, 0.5) is 0 Å². The lowest BCUT2D eigenvalue weighted by Gasteiger charge is -2.10. The van der Waals surface area contributed by atoms with Crippen molar-refractivity contribution in [1.82, 2.24) is 25.0 Å². The van der Waals surface area contributed by atoms with Gasteiger partial charge in [0.15, 0.2) is 16.7 Å². The molecule has 2 heterocycles. The summed E-state index contributed by atoms with van der Waals surface area (Å²) >= 11 is 1.35. The van der Waals surface area contributed by atoms with E-state index >= 15 is 0 Å². The van der Waals surface area contributed by atoms with Crippen molar-refractivity contribution in [1.29, 1.82) is 5.26 Å². The second-order valence-electron chi connectivity index (χ2n) is 4.72. The SMILES string of the molecule is CCn1c(Sc2ccc(C#N)nn2)nnc1-c1ccccc1OC. The number of rotatable bonds is 5. The van der Waals surface area contributed by atoms with Gasteiger partial charge in [-0.15, -0.1) is 20.4 Å². The first-order valence-corrected chi connectivity index (χ1v) is 8.06. The lowest BCUT2D eigenvalue weighted by molar-refractivity contribution is 0.416. The number of methoxy groups -OCH3 is 1. The van der Waals surface area contributed by atoms with Crippen molar-refractivity contribution in [2.24, 2.45) is 0 Å². The molecule has 0 saturated carbocycles. The molecule has 1 aromatic carbocycles. The molecule has 0 fully saturated rings. The van der Waals surface area contributed by atoms with Crippen molar-refractivity contribution in [2.75, 3.05) is 7.11 Å². The average molecular weight is 338 g/mol. The minimum absolute atomic E-state index is 0.283. The number of hydrogen-bond acceptors (Lipinski definition) is 7. The molecule has 2 aromatic heterocycles. The van der Waals surface area contributed by atoms with E-state index in [9.17, 15) is 0 Å². The topological polar surface area (TPSA) is 89.5 Å². The molecule has 0 unspecified atom stereocenters. The first kappa shape index (κ1) is 16.0. The van der Waals surface area contributed by atoms with Crippen LogP contribution in [0, 0.1) is 11.3 Å². The number of ether oxygens (including phenoxy) is 1. The Hall–Kier alpha value is -2.92.